The van der Waals surface area contributed by atoms with Crippen LogP contribution < -0.4 is 0 Å². The lowest BCUT2D eigenvalue weighted by atomic mass is 10.0. The summed E-state index contributed by atoms with van der Waals surface area (Å²) in [4.78, 5) is 14.2. The highest BCUT2D eigenvalue weighted by Gasteiger charge is 2.22. The largest absolute Gasteiger partial charge is 0.377 e. The van der Waals surface area contributed by atoms with Gasteiger partial charge in [0.05, 0.1) is 0 Å². The van der Waals surface area contributed by atoms with Crippen molar-refractivity contribution in [3.63, 3.8) is 0 Å². The quantitative estimate of drug-likeness (QED) is 0.442. The molecule has 1 aliphatic heterocycles. The van der Waals surface area contributed by atoms with Gasteiger partial charge in [-0.1, -0.05) is 30.3 Å². The number of hydrogen-bond acceptors (Lipinski definition) is 3. The van der Waals surface area contributed by atoms with Crippen molar-refractivity contribution < 1.29 is 4.79 Å². The van der Waals surface area contributed by atoms with Crippen LogP contribution in [0.1, 0.15) is 23.2 Å². The summed E-state index contributed by atoms with van der Waals surface area (Å²) in [6, 6.07) is 11.0. The molecule has 0 unspecified atom stereocenters. The van der Waals surface area contributed by atoms with E-state index in [1.165, 1.54) is 0 Å². The molecule has 1 aromatic rings. The van der Waals surface area contributed by atoms with Gasteiger partial charge >= 0.3 is 0 Å². The van der Waals surface area contributed by atoms with Crippen molar-refractivity contribution >= 4 is 5.78 Å². The molecule has 0 bridgehead atoms. The zero-order valence-corrected chi connectivity index (χ0v) is 9.81. The Labute approximate surface area is 101 Å². The molecule has 0 spiro atoms. The topological polar surface area (TPSA) is 44.1 Å². The number of likely N-dealkylation sites (tertiary alicyclic amines) is 1. The molecular weight excluding hydrogens is 212 g/mol. The van der Waals surface area contributed by atoms with E-state index in [0.29, 0.717) is 5.56 Å². The van der Waals surface area contributed by atoms with Crippen LogP contribution in [-0.2, 0) is 0 Å². The monoisotopic (exact) mass is 226 g/mol. The van der Waals surface area contributed by atoms with Crippen LogP contribution in [0.25, 0.3) is 0 Å². The van der Waals surface area contributed by atoms with Crippen molar-refractivity contribution in [3.05, 3.63) is 47.2 Å². The third-order valence-electron chi connectivity index (χ3n) is 3.03. The number of carbonyl (C=O) groups excluding carboxylic acids is 1. The van der Waals surface area contributed by atoms with Crippen LogP contribution in [0.3, 0.4) is 0 Å². The highest BCUT2D eigenvalue weighted by atomic mass is 16.1. The molecule has 1 aromatic carbocycles. The van der Waals surface area contributed by atoms with Crippen molar-refractivity contribution in [3.8, 4) is 6.07 Å². The van der Waals surface area contributed by atoms with Crippen LogP contribution >= 0.6 is 0 Å². The molecule has 0 saturated carbocycles. The van der Waals surface area contributed by atoms with E-state index in [4.69, 9.17) is 0 Å². The average Bonchev–Trinajstić information content (AvgIpc) is 2.78. The lowest BCUT2D eigenvalue weighted by Crippen LogP contribution is -2.15. The highest BCUT2D eigenvalue weighted by molar-refractivity contribution is 6.11. The van der Waals surface area contributed by atoms with E-state index in [0.717, 1.165) is 25.1 Å². The number of nitrogens with zero attached hydrogens (tertiary/aromatic N) is 2. The van der Waals surface area contributed by atoms with Gasteiger partial charge in [-0.3, -0.25) is 4.79 Å². The normalized spacial score (nSPS) is 17.8. The molecule has 0 radical (unpaired) electrons. The van der Waals surface area contributed by atoms with E-state index in [9.17, 15) is 10.1 Å². The number of rotatable bonds is 2. The van der Waals surface area contributed by atoms with Crippen LogP contribution in [0.15, 0.2) is 41.6 Å². The van der Waals surface area contributed by atoms with Crippen LogP contribution in [-0.4, -0.2) is 24.3 Å². The van der Waals surface area contributed by atoms with Gasteiger partial charge in [-0.05, 0) is 12.8 Å². The van der Waals surface area contributed by atoms with E-state index >= 15 is 0 Å². The molecule has 3 nitrogen and oxygen atoms in total. The van der Waals surface area contributed by atoms with Gasteiger partial charge in [0, 0.05) is 24.9 Å². The molecule has 1 fully saturated rings. The smallest absolute Gasteiger partial charge is 0.205 e. The number of allylic oxidation sites excluding steroid dienone is 2. The molecule has 0 N–H and O–H groups in total. The second-order valence-corrected chi connectivity index (χ2v) is 4.15. The SMILES string of the molecule is CN1CCC/C1=C(\C#N)C(=O)c1ccccc1. The summed E-state index contributed by atoms with van der Waals surface area (Å²) < 4.78 is 0. The van der Waals surface area contributed by atoms with Gasteiger partial charge in [-0.2, -0.15) is 5.26 Å². The number of benzene rings is 1. The highest BCUT2D eigenvalue weighted by Crippen LogP contribution is 2.24. The fourth-order valence-corrected chi connectivity index (χ4v) is 2.11. The summed E-state index contributed by atoms with van der Waals surface area (Å²) >= 11 is 0. The van der Waals surface area contributed by atoms with Gasteiger partial charge in [0.25, 0.3) is 0 Å². The first kappa shape index (κ1) is 11.4. The van der Waals surface area contributed by atoms with Crippen molar-refractivity contribution in [2.45, 2.75) is 12.8 Å². The molecule has 1 saturated heterocycles. The molecule has 0 aliphatic carbocycles. The maximum atomic E-state index is 12.2. The van der Waals surface area contributed by atoms with Gasteiger partial charge in [-0.25, -0.2) is 0 Å². The van der Waals surface area contributed by atoms with Gasteiger partial charge in [-0.15, -0.1) is 0 Å². The van der Waals surface area contributed by atoms with E-state index in [2.05, 4.69) is 6.07 Å². The van der Waals surface area contributed by atoms with E-state index in [1.54, 1.807) is 12.1 Å². The number of Topliss-reactive ketones (excluding diaryl/α,β-unsaturated/α-hetero) is 1. The van der Waals surface area contributed by atoms with E-state index in [-0.39, 0.29) is 11.4 Å². The lowest BCUT2D eigenvalue weighted by molar-refractivity contribution is 0.103. The van der Waals surface area contributed by atoms with Crippen LogP contribution in [0.5, 0.6) is 0 Å². The zero-order valence-electron chi connectivity index (χ0n) is 9.81. The third kappa shape index (κ3) is 2.21. The molecule has 2 rings (SSSR count). The Hall–Kier alpha value is -2.08. The Morgan fingerprint density at radius 1 is 1.35 bits per heavy atom. The molecule has 0 aromatic heterocycles. The average molecular weight is 226 g/mol. The van der Waals surface area contributed by atoms with Crippen molar-refractivity contribution in [2.24, 2.45) is 0 Å². The molecule has 0 atom stereocenters. The first-order valence-corrected chi connectivity index (χ1v) is 5.68. The molecule has 3 heteroatoms. The standard InChI is InChI=1S/C14H14N2O/c1-16-9-5-8-13(16)12(10-15)14(17)11-6-3-2-4-7-11/h2-4,6-7H,5,8-9H2,1H3/b13-12-. The van der Waals surface area contributed by atoms with Gasteiger partial charge in [0.1, 0.15) is 11.6 Å². The molecule has 1 heterocycles. The summed E-state index contributed by atoms with van der Waals surface area (Å²) in [5.41, 5.74) is 1.74. The van der Waals surface area contributed by atoms with Crippen molar-refractivity contribution in [2.75, 3.05) is 13.6 Å². The minimum atomic E-state index is -0.170. The Bertz CT molecular complexity index is 497. The summed E-state index contributed by atoms with van der Waals surface area (Å²) in [5, 5.41) is 9.18. The number of ketones is 1. The van der Waals surface area contributed by atoms with Crippen molar-refractivity contribution in [1.29, 1.82) is 5.26 Å². The summed E-state index contributed by atoms with van der Waals surface area (Å²) in [5.74, 6) is -0.170. The number of hydrogen-bond donors (Lipinski definition) is 0. The lowest BCUT2D eigenvalue weighted by Gasteiger charge is -2.14. The maximum Gasteiger partial charge on any atom is 0.205 e. The molecular formula is C14H14N2O. The number of nitriles is 1. The number of carbonyl (C=O) groups is 1. The summed E-state index contributed by atoms with van der Waals surface area (Å²) in [6.45, 7) is 0.919. The Morgan fingerprint density at radius 2 is 2.06 bits per heavy atom. The fourth-order valence-electron chi connectivity index (χ4n) is 2.11. The second-order valence-electron chi connectivity index (χ2n) is 4.15. The van der Waals surface area contributed by atoms with Crippen molar-refractivity contribution in [1.82, 2.24) is 4.90 Å². The van der Waals surface area contributed by atoms with Gasteiger partial charge < -0.3 is 4.90 Å². The molecule has 1 aliphatic rings. The van der Waals surface area contributed by atoms with Gasteiger partial charge in [0.2, 0.25) is 5.78 Å². The Kier molecular flexibility index (Phi) is 3.24. The first-order valence-electron chi connectivity index (χ1n) is 5.68. The molecule has 0 amide bonds. The Balaban J connectivity index is 2.39. The summed E-state index contributed by atoms with van der Waals surface area (Å²) in [7, 11) is 1.93. The predicted molar refractivity (Wildman–Crippen MR) is 65.3 cm³/mol. The van der Waals surface area contributed by atoms with Crippen LogP contribution in [0.4, 0.5) is 0 Å². The minimum absolute atomic E-state index is 0.170. The predicted octanol–water partition coefficient (Wildman–Crippen LogP) is 2.37. The summed E-state index contributed by atoms with van der Waals surface area (Å²) in [6.07, 6.45) is 1.83. The van der Waals surface area contributed by atoms with Crippen LogP contribution in [0, 0.1) is 11.3 Å². The maximum absolute atomic E-state index is 12.2. The van der Waals surface area contributed by atoms with E-state index in [1.807, 2.05) is 30.1 Å². The fraction of sp³-hybridized carbons (Fsp3) is 0.286. The van der Waals surface area contributed by atoms with Crippen LogP contribution in [0.2, 0.25) is 0 Å². The Morgan fingerprint density at radius 3 is 2.59 bits per heavy atom. The zero-order chi connectivity index (χ0) is 12.3. The molecule has 17 heavy (non-hydrogen) atoms. The minimum Gasteiger partial charge on any atom is -0.377 e. The van der Waals surface area contributed by atoms with E-state index < -0.39 is 0 Å². The molecule has 86 valence electrons. The van der Waals surface area contributed by atoms with Gasteiger partial charge in [0.15, 0.2) is 0 Å². The first-order chi connectivity index (χ1) is 8.24. The second kappa shape index (κ2) is 4.84. The third-order valence-corrected chi connectivity index (χ3v) is 3.03.